The maximum absolute atomic E-state index is 12.0. The molecule has 1 fully saturated rings. The molecule has 7 heteroatoms. The molecule has 20 heavy (non-hydrogen) atoms. The number of amides is 2. The van der Waals surface area contributed by atoms with Crippen molar-refractivity contribution in [1.82, 2.24) is 10.2 Å². The molecule has 0 unspecified atom stereocenters. The van der Waals surface area contributed by atoms with Gasteiger partial charge in [-0.15, -0.1) is 0 Å². The van der Waals surface area contributed by atoms with Gasteiger partial charge in [0.25, 0.3) is 0 Å². The zero-order chi connectivity index (χ0) is 14.5. The highest BCUT2D eigenvalue weighted by molar-refractivity contribution is 9.10. The molecule has 1 aromatic rings. The van der Waals surface area contributed by atoms with Crippen molar-refractivity contribution >= 4 is 33.4 Å². The number of carbonyl (C=O) groups excluding carboxylic acids is 2. The van der Waals surface area contributed by atoms with Gasteiger partial charge in [0.2, 0.25) is 11.8 Å². The van der Waals surface area contributed by atoms with Crippen molar-refractivity contribution in [3.8, 4) is 0 Å². The van der Waals surface area contributed by atoms with Crippen LogP contribution in [0.25, 0.3) is 0 Å². The van der Waals surface area contributed by atoms with Crippen molar-refractivity contribution in [1.29, 1.82) is 0 Å². The molecule has 108 valence electrons. The van der Waals surface area contributed by atoms with Gasteiger partial charge in [0.15, 0.2) is 0 Å². The van der Waals surface area contributed by atoms with Gasteiger partial charge >= 0.3 is 0 Å². The molecule has 1 aromatic carbocycles. The van der Waals surface area contributed by atoms with Crippen LogP contribution in [0.1, 0.15) is 10.4 Å². The van der Waals surface area contributed by atoms with E-state index in [4.69, 9.17) is 5.73 Å². The van der Waals surface area contributed by atoms with E-state index in [1.807, 2.05) is 4.90 Å². The summed E-state index contributed by atoms with van der Waals surface area (Å²) in [6, 6.07) is 5.00. The van der Waals surface area contributed by atoms with Gasteiger partial charge in [0.1, 0.15) is 0 Å². The summed E-state index contributed by atoms with van der Waals surface area (Å²) < 4.78 is 0.710. The van der Waals surface area contributed by atoms with Crippen LogP contribution in [0.5, 0.6) is 0 Å². The largest absolute Gasteiger partial charge is 0.375 e. The van der Waals surface area contributed by atoms with Crippen LogP contribution >= 0.6 is 15.9 Å². The predicted octanol–water partition coefficient (Wildman–Crippen LogP) is 0.392. The zero-order valence-electron chi connectivity index (χ0n) is 11.0. The summed E-state index contributed by atoms with van der Waals surface area (Å²) in [6.07, 6.45) is 0. The van der Waals surface area contributed by atoms with Crippen molar-refractivity contribution in [3.05, 3.63) is 28.2 Å². The Morgan fingerprint density at radius 1 is 1.35 bits per heavy atom. The molecule has 0 atom stereocenters. The lowest BCUT2D eigenvalue weighted by Gasteiger charge is -2.27. The molecule has 2 rings (SSSR count). The van der Waals surface area contributed by atoms with Crippen molar-refractivity contribution < 1.29 is 9.59 Å². The second-order valence-corrected chi connectivity index (χ2v) is 5.40. The van der Waals surface area contributed by atoms with Crippen LogP contribution in [-0.2, 0) is 4.79 Å². The number of rotatable bonds is 4. The number of piperazine rings is 1. The normalized spacial score (nSPS) is 14.9. The molecule has 0 aliphatic carbocycles. The fourth-order valence-corrected chi connectivity index (χ4v) is 2.53. The summed E-state index contributed by atoms with van der Waals surface area (Å²) in [4.78, 5) is 24.9. The van der Waals surface area contributed by atoms with Gasteiger partial charge < -0.3 is 21.3 Å². The lowest BCUT2D eigenvalue weighted by molar-refractivity contribution is -0.129. The molecule has 0 saturated carbocycles. The van der Waals surface area contributed by atoms with E-state index in [1.165, 1.54) is 0 Å². The number of hydrogen-bond donors (Lipinski definition) is 3. The Labute approximate surface area is 125 Å². The fourth-order valence-electron chi connectivity index (χ4n) is 2.01. The van der Waals surface area contributed by atoms with Crippen molar-refractivity contribution in [2.24, 2.45) is 5.73 Å². The molecule has 1 aliphatic rings. The summed E-state index contributed by atoms with van der Waals surface area (Å²) in [6.45, 7) is 3.38. The van der Waals surface area contributed by atoms with E-state index >= 15 is 0 Å². The number of primary amides is 1. The van der Waals surface area contributed by atoms with Gasteiger partial charge in [0.05, 0.1) is 6.54 Å². The molecule has 2 amide bonds. The number of hydrogen-bond acceptors (Lipinski definition) is 4. The van der Waals surface area contributed by atoms with Crippen LogP contribution in [0.3, 0.4) is 0 Å². The van der Waals surface area contributed by atoms with E-state index in [0.29, 0.717) is 10.0 Å². The van der Waals surface area contributed by atoms with E-state index in [1.54, 1.807) is 18.2 Å². The summed E-state index contributed by atoms with van der Waals surface area (Å²) in [5.41, 5.74) is 6.39. The second kappa shape index (κ2) is 6.71. The molecule has 0 aromatic heterocycles. The van der Waals surface area contributed by atoms with Crippen LogP contribution in [0.4, 0.5) is 5.69 Å². The molecular weight excluding hydrogens is 324 g/mol. The number of nitrogens with zero attached hydrogens (tertiary/aromatic N) is 1. The van der Waals surface area contributed by atoms with Crippen molar-refractivity contribution in [2.45, 2.75) is 0 Å². The molecule has 6 nitrogen and oxygen atoms in total. The minimum absolute atomic E-state index is 0.0670. The molecule has 0 radical (unpaired) electrons. The summed E-state index contributed by atoms with van der Waals surface area (Å²) in [5.74, 6) is -0.411. The first-order valence-electron chi connectivity index (χ1n) is 6.39. The third-order valence-electron chi connectivity index (χ3n) is 3.15. The number of anilines is 1. The fraction of sp³-hybridized carbons (Fsp3) is 0.385. The average Bonchev–Trinajstić information content (AvgIpc) is 2.46. The average molecular weight is 341 g/mol. The van der Waals surface area contributed by atoms with Gasteiger partial charge in [-0.25, -0.2) is 0 Å². The summed E-state index contributed by atoms with van der Waals surface area (Å²) in [7, 11) is 0. The van der Waals surface area contributed by atoms with Crippen LogP contribution in [-0.4, -0.2) is 49.4 Å². The van der Waals surface area contributed by atoms with Crippen LogP contribution in [0, 0.1) is 0 Å². The minimum Gasteiger partial charge on any atom is -0.375 e. The third-order valence-corrected chi connectivity index (χ3v) is 3.81. The first-order chi connectivity index (χ1) is 9.58. The van der Waals surface area contributed by atoms with Crippen molar-refractivity contribution in [2.75, 3.05) is 38.0 Å². The van der Waals surface area contributed by atoms with Crippen LogP contribution < -0.4 is 16.4 Å². The van der Waals surface area contributed by atoms with E-state index in [-0.39, 0.29) is 12.5 Å². The highest BCUT2D eigenvalue weighted by atomic mass is 79.9. The number of nitrogens with one attached hydrogen (secondary N) is 2. The molecule has 0 spiro atoms. The van der Waals surface area contributed by atoms with Gasteiger partial charge in [-0.3, -0.25) is 9.59 Å². The lowest BCUT2D eigenvalue weighted by atomic mass is 10.2. The Morgan fingerprint density at radius 3 is 2.65 bits per heavy atom. The molecule has 4 N–H and O–H groups in total. The highest BCUT2D eigenvalue weighted by Crippen LogP contribution is 2.23. The molecule has 0 bridgehead atoms. The predicted molar refractivity (Wildman–Crippen MR) is 80.6 cm³/mol. The quantitative estimate of drug-likeness (QED) is 0.740. The standard InChI is InChI=1S/C13H17BrN4O2/c14-10-7-9(13(15)20)1-2-11(10)17-8-12(19)18-5-3-16-4-6-18/h1-2,7,16-17H,3-6,8H2,(H2,15,20). The van der Waals surface area contributed by atoms with E-state index in [0.717, 1.165) is 31.9 Å². The number of carbonyl (C=O) groups is 2. The number of nitrogens with two attached hydrogens (primary N) is 1. The second-order valence-electron chi connectivity index (χ2n) is 4.54. The Hall–Kier alpha value is -1.60. The maximum Gasteiger partial charge on any atom is 0.248 e. The smallest absolute Gasteiger partial charge is 0.248 e. The van der Waals surface area contributed by atoms with Gasteiger partial charge in [-0.2, -0.15) is 0 Å². The molecule has 1 saturated heterocycles. The van der Waals surface area contributed by atoms with E-state index in [9.17, 15) is 9.59 Å². The van der Waals surface area contributed by atoms with Crippen molar-refractivity contribution in [3.63, 3.8) is 0 Å². The molecular formula is C13H17BrN4O2. The van der Waals surface area contributed by atoms with Gasteiger partial charge in [-0.05, 0) is 34.1 Å². The van der Waals surface area contributed by atoms with Gasteiger partial charge in [-0.1, -0.05) is 0 Å². The van der Waals surface area contributed by atoms with E-state index in [2.05, 4.69) is 26.6 Å². The highest BCUT2D eigenvalue weighted by Gasteiger charge is 2.16. The number of benzene rings is 1. The lowest BCUT2D eigenvalue weighted by Crippen LogP contribution is -2.48. The van der Waals surface area contributed by atoms with Gasteiger partial charge in [0, 0.05) is 41.9 Å². The first kappa shape index (κ1) is 14.8. The summed E-state index contributed by atoms with van der Waals surface area (Å²) in [5, 5.41) is 6.27. The van der Waals surface area contributed by atoms with E-state index < -0.39 is 5.91 Å². The Kier molecular flexibility index (Phi) is 4.97. The van der Waals surface area contributed by atoms with Crippen LogP contribution in [0.2, 0.25) is 0 Å². The third kappa shape index (κ3) is 3.71. The minimum atomic E-state index is -0.478. The first-order valence-corrected chi connectivity index (χ1v) is 7.19. The Balaban J connectivity index is 1.93. The Bertz CT molecular complexity index is 515. The maximum atomic E-state index is 12.0. The zero-order valence-corrected chi connectivity index (χ0v) is 12.6. The molecule has 1 aliphatic heterocycles. The SMILES string of the molecule is NC(=O)c1ccc(NCC(=O)N2CCNCC2)c(Br)c1. The topological polar surface area (TPSA) is 87.5 Å². The Morgan fingerprint density at radius 2 is 2.05 bits per heavy atom. The number of halogens is 1. The summed E-state index contributed by atoms with van der Waals surface area (Å²) >= 11 is 3.36. The molecule has 1 heterocycles. The monoisotopic (exact) mass is 340 g/mol. The van der Waals surface area contributed by atoms with Crippen LogP contribution in [0.15, 0.2) is 22.7 Å².